The molecule has 0 bridgehead atoms. The lowest BCUT2D eigenvalue weighted by atomic mass is 10.0. The lowest BCUT2D eigenvalue weighted by Gasteiger charge is -2.21. The zero-order chi connectivity index (χ0) is 19.1. The molecule has 140 valence electrons. The number of aromatic nitrogens is 4. The van der Waals surface area contributed by atoms with Gasteiger partial charge in [0.15, 0.2) is 0 Å². The van der Waals surface area contributed by atoms with E-state index in [1.807, 2.05) is 19.9 Å². The number of imidazole rings is 1. The highest BCUT2D eigenvalue weighted by atomic mass is 16.5. The summed E-state index contributed by atoms with van der Waals surface area (Å²) in [6.07, 6.45) is 1.62. The van der Waals surface area contributed by atoms with E-state index in [1.165, 1.54) is 0 Å². The van der Waals surface area contributed by atoms with Gasteiger partial charge in [0.25, 0.3) is 0 Å². The number of anilines is 1. The SMILES string of the molecule is Cc1cc(N2CCOc3ccc(-c4ccc5nc(C)[nH]c5c4)cc3C2)ncn1. The maximum atomic E-state index is 5.99. The molecule has 0 saturated carbocycles. The number of benzene rings is 2. The monoisotopic (exact) mass is 371 g/mol. The first-order valence-corrected chi connectivity index (χ1v) is 9.42. The van der Waals surface area contributed by atoms with Crippen LogP contribution in [0.1, 0.15) is 17.1 Å². The minimum absolute atomic E-state index is 0.634. The van der Waals surface area contributed by atoms with Crippen molar-refractivity contribution in [3.63, 3.8) is 0 Å². The predicted octanol–water partition coefficient (Wildman–Crippen LogP) is 4.04. The Kier molecular flexibility index (Phi) is 3.97. The van der Waals surface area contributed by atoms with E-state index in [0.717, 1.165) is 63.9 Å². The minimum atomic E-state index is 0.634. The highest BCUT2D eigenvalue weighted by Gasteiger charge is 2.18. The third kappa shape index (κ3) is 3.07. The first-order valence-electron chi connectivity index (χ1n) is 9.42. The Balaban J connectivity index is 1.51. The number of nitrogens with one attached hydrogen (secondary N) is 1. The second kappa shape index (κ2) is 6.64. The molecule has 0 saturated heterocycles. The molecule has 0 spiro atoms. The Morgan fingerprint density at radius 1 is 1.00 bits per heavy atom. The normalized spacial score (nSPS) is 13.9. The average Bonchev–Trinajstić information content (AvgIpc) is 2.93. The van der Waals surface area contributed by atoms with Gasteiger partial charge in [0.1, 0.15) is 30.3 Å². The van der Waals surface area contributed by atoms with Crippen molar-refractivity contribution in [2.24, 2.45) is 0 Å². The molecule has 2 aromatic carbocycles. The van der Waals surface area contributed by atoms with Crippen LogP contribution < -0.4 is 9.64 Å². The van der Waals surface area contributed by atoms with Gasteiger partial charge < -0.3 is 14.6 Å². The van der Waals surface area contributed by atoms with Crippen LogP contribution in [-0.2, 0) is 6.54 Å². The number of H-pyrrole nitrogens is 1. The Morgan fingerprint density at radius 3 is 2.75 bits per heavy atom. The zero-order valence-electron chi connectivity index (χ0n) is 15.9. The van der Waals surface area contributed by atoms with Crippen LogP contribution >= 0.6 is 0 Å². The Labute approximate surface area is 163 Å². The number of nitrogens with zero attached hydrogens (tertiary/aromatic N) is 4. The molecule has 5 rings (SSSR count). The highest BCUT2D eigenvalue weighted by molar-refractivity contribution is 5.82. The van der Waals surface area contributed by atoms with Crippen molar-refractivity contribution in [2.45, 2.75) is 20.4 Å². The number of aryl methyl sites for hydroxylation is 2. The Hall–Kier alpha value is -3.41. The highest BCUT2D eigenvalue weighted by Crippen LogP contribution is 2.31. The van der Waals surface area contributed by atoms with Gasteiger partial charge in [-0.2, -0.15) is 0 Å². The summed E-state index contributed by atoms with van der Waals surface area (Å²) in [6.45, 7) is 6.14. The van der Waals surface area contributed by atoms with Crippen molar-refractivity contribution < 1.29 is 4.74 Å². The second-order valence-corrected chi connectivity index (χ2v) is 7.16. The third-order valence-electron chi connectivity index (χ3n) is 5.09. The summed E-state index contributed by atoms with van der Waals surface area (Å²) in [5.74, 6) is 2.80. The minimum Gasteiger partial charge on any atom is -0.491 e. The maximum Gasteiger partial charge on any atom is 0.132 e. The molecule has 0 radical (unpaired) electrons. The van der Waals surface area contributed by atoms with E-state index < -0.39 is 0 Å². The average molecular weight is 371 g/mol. The van der Waals surface area contributed by atoms with E-state index >= 15 is 0 Å². The molecule has 1 N–H and O–H groups in total. The van der Waals surface area contributed by atoms with Gasteiger partial charge in [0.2, 0.25) is 0 Å². The van der Waals surface area contributed by atoms with Crippen molar-refractivity contribution in [1.29, 1.82) is 0 Å². The van der Waals surface area contributed by atoms with Crippen LogP contribution in [0.15, 0.2) is 48.8 Å². The van der Waals surface area contributed by atoms with E-state index in [4.69, 9.17) is 4.74 Å². The summed E-state index contributed by atoms with van der Waals surface area (Å²) in [7, 11) is 0. The first kappa shape index (κ1) is 16.7. The van der Waals surface area contributed by atoms with E-state index in [1.54, 1.807) is 6.33 Å². The molecule has 0 aliphatic carbocycles. The lowest BCUT2D eigenvalue weighted by Crippen LogP contribution is -2.26. The van der Waals surface area contributed by atoms with Crippen molar-refractivity contribution in [3.05, 3.63) is 65.9 Å². The summed E-state index contributed by atoms with van der Waals surface area (Å²) in [5.41, 5.74) is 6.49. The van der Waals surface area contributed by atoms with E-state index in [-0.39, 0.29) is 0 Å². The van der Waals surface area contributed by atoms with Crippen LogP contribution in [0.3, 0.4) is 0 Å². The molecule has 1 aliphatic rings. The van der Waals surface area contributed by atoms with E-state index in [2.05, 4.69) is 61.2 Å². The molecule has 2 aromatic heterocycles. The summed E-state index contributed by atoms with van der Waals surface area (Å²) in [6, 6.07) is 14.8. The number of hydrogen-bond donors (Lipinski definition) is 1. The first-order chi connectivity index (χ1) is 13.7. The van der Waals surface area contributed by atoms with E-state index in [0.29, 0.717) is 6.61 Å². The van der Waals surface area contributed by atoms with Crippen LogP contribution in [0, 0.1) is 13.8 Å². The largest absolute Gasteiger partial charge is 0.491 e. The van der Waals surface area contributed by atoms with Gasteiger partial charge in [-0.15, -0.1) is 0 Å². The predicted molar refractivity (Wildman–Crippen MR) is 110 cm³/mol. The van der Waals surface area contributed by atoms with Gasteiger partial charge in [0, 0.05) is 23.9 Å². The standard InChI is InChI=1S/C22H21N5O/c1-14-9-22(24-13-23-14)27-7-8-28-21-6-4-16(10-18(21)12-27)17-3-5-19-20(11-17)26-15(2)25-19/h3-6,9-11,13H,7-8,12H2,1-2H3,(H,25,26). The molecule has 6 heteroatoms. The molecule has 4 aromatic rings. The van der Waals surface area contributed by atoms with Gasteiger partial charge in [0.05, 0.1) is 17.6 Å². The molecule has 28 heavy (non-hydrogen) atoms. The maximum absolute atomic E-state index is 5.99. The topological polar surface area (TPSA) is 66.9 Å². The molecule has 0 amide bonds. The fourth-order valence-corrected chi connectivity index (χ4v) is 3.70. The van der Waals surface area contributed by atoms with Gasteiger partial charge >= 0.3 is 0 Å². The molecular weight excluding hydrogens is 350 g/mol. The molecule has 3 heterocycles. The summed E-state index contributed by atoms with van der Waals surface area (Å²) < 4.78 is 5.99. The zero-order valence-corrected chi connectivity index (χ0v) is 15.9. The van der Waals surface area contributed by atoms with Gasteiger partial charge in [-0.1, -0.05) is 12.1 Å². The third-order valence-corrected chi connectivity index (χ3v) is 5.09. The second-order valence-electron chi connectivity index (χ2n) is 7.16. The fourth-order valence-electron chi connectivity index (χ4n) is 3.70. The number of hydrogen-bond acceptors (Lipinski definition) is 5. The van der Waals surface area contributed by atoms with Crippen LogP contribution in [0.5, 0.6) is 5.75 Å². The molecular formula is C22H21N5O. The van der Waals surface area contributed by atoms with Gasteiger partial charge in [-0.05, 0) is 49.2 Å². The van der Waals surface area contributed by atoms with E-state index in [9.17, 15) is 0 Å². The van der Waals surface area contributed by atoms with Gasteiger partial charge in [-0.25, -0.2) is 15.0 Å². The van der Waals surface area contributed by atoms with Crippen molar-refractivity contribution in [2.75, 3.05) is 18.1 Å². The van der Waals surface area contributed by atoms with Gasteiger partial charge in [-0.3, -0.25) is 0 Å². The molecule has 0 fully saturated rings. The molecule has 0 atom stereocenters. The smallest absolute Gasteiger partial charge is 0.132 e. The fraction of sp³-hybridized carbons (Fsp3) is 0.227. The molecule has 0 unspecified atom stereocenters. The molecule has 6 nitrogen and oxygen atoms in total. The summed E-state index contributed by atoms with van der Waals surface area (Å²) in [4.78, 5) is 18.7. The number of rotatable bonds is 2. The summed E-state index contributed by atoms with van der Waals surface area (Å²) in [5, 5.41) is 0. The molecule has 1 aliphatic heterocycles. The number of ether oxygens (including phenoxy) is 1. The van der Waals surface area contributed by atoms with Crippen LogP contribution in [0.4, 0.5) is 5.82 Å². The van der Waals surface area contributed by atoms with Crippen LogP contribution in [0.25, 0.3) is 22.2 Å². The Morgan fingerprint density at radius 2 is 1.86 bits per heavy atom. The van der Waals surface area contributed by atoms with Crippen LogP contribution in [0.2, 0.25) is 0 Å². The van der Waals surface area contributed by atoms with Crippen molar-refractivity contribution in [3.8, 4) is 16.9 Å². The number of fused-ring (bicyclic) bond motifs is 2. The van der Waals surface area contributed by atoms with Crippen molar-refractivity contribution >= 4 is 16.9 Å². The quantitative estimate of drug-likeness (QED) is 0.576. The number of aromatic amines is 1. The Bertz CT molecular complexity index is 1170. The summed E-state index contributed by atoms with van der Waals surface area (Å²) >= 11 is 0. The van der Waals surface area contributed by atoms with Crippen molar-refractivity contribution in [1.82, 2.24) is 19.9 Å². The lowest BCUT2D eigenvalue weighted by molar-refractivity contribution is 0.331. The van der Waals surface area contributed by atoms with Crippen LogP contribution in [-0.4, -0.2) is 33.1 Å².